The molecule has 0 bridgehead atoms. The Balaban J connectivity index is 2.02. The lowest BCUT2D eigenvalue weighted by molar-refractivity contribution is 0.169. The minimum atomic E-state index is -0.484. The number of hydrogen-bond acceptors (Lipinski definition) is 2. The van der Waals surface area contributed by atoms with Gasteiger partial charge >= 0.3 is 0 Å². The molecule has 21 heavy (non-hydrogen) atoms. The summed E-state index contributed by atoms with van der Waals surface area (Å²) in [5.41, 5.74) is 3.37. The fourth-order valence-corrected chi connectivity index (χ4v) is 2.72. The molecule has 0 aromatic heterocycles. The lowest BCUT2D eigenvalue weighted by Gasteiger charge is -2.26. The van der Waals surface area contributed by atoms with Crippen LogP contribution in [-0.2, 0) is 0 Å². The van der Waals surface area contributed by atoms with Crippen molar-refractivity contribution >= 4 is 17.3 Å². The third-order valence-corrected chi connectivity index (χ3v) is 3.98. The molecule has 0 amide bonds. The zero-order valence-electron chi connectivity index (χ0n) is 12.6. The molecule has 1 atom stereocenters. The van der Waals surface area contributed by atoms with Crippen LogP contribution >= 0.6 is 11.6 Å². The summed E-state index contributed by atoms with van der Waals surface area (Å²) in [5, 5.41) is 11.0. The molecule has 0 radical (unpaired) electrons. The Labute approximate surface area is 132 Å². The van der Waals surface area contributed by atoms with Gasteiger partial charge < -0.3 is 10.0 Å². The first-order chi connectivity index (χ1) is 10.1. The van der Waals surface area contributed by atoms with Crippen molar-refractivity contribution in [1.82, 2.24) is 0 Å². The summed E-state index contributed by atoms with van der Waals surface area (Å²) in [6.45, 7) is 5.99. The monoisotopic (exact) mass is 303 g/mol. The molecule has 2 aromatic carbocycles. The van der Waals surface area contributed by atoms with E-state index in [1.807, 2.05) is 30.3 Å². The van der Waals surface area contributed by atoms with Crippen LogP contribution in [0.2, 0.25) is 5.02 Å². The van der Waals surface area contributed by atoms with Crippen LogP contribution in [0.25, 0.3) is 0 Å². The van der Waals surface area contributed by atoms with Crippen molar-refractivity contribution in [3.63, 3.8) is 0 Å². The van der Waals surface area contributed by atoms with Crippen molar-refractivity contribution in [2.24, 2.45) is 0 Å². The number of aliphatic hydroxyl groups excluding tert-OH is 1. The standard InChI is InChI=1S/C18H22ClNO/c1-3-20(17-10-5-4-7-14(17)2)12-11-18(21)15-8-6-9-16(19)13-15/h4-10,13,18,21H,3,11-12H2,1-2H3. The predicted octanol–water partition coefficient (Wildman–Crippen LogP) is 4.60. The zero-order chi connectivity index (χ0) is 15.2. The van der Waals surface area contributed by atoms with Crippen LogP contribution in [0, 0.1) is 6.92 Å². The summed E-state index contributed by atoms with van der Waals surface area (Å²) in [7, 11) is 0. The first-order valence-corrected chi connectivity index (χ1v) is 7.73. The normalized spacial score (nSPS) is 12.2. The average Bonchev–Trinajstić information content (AvgIpc) is 2.49. The highest BCUT2D eigenvalue weighted by atomic mass is 35.5. The SMILES string of the molecule is CCN(CCC(O)c1cccc(Cl)c1)c1ccccc1C. The minimum Gasteiger partial charge on any atom is -0.388 e. The van der Waals surface area contributed by atoms with Gasteiger partial charge in [0.05, 0.1) is 6.10 Å². The van der Waals surface area contributed by atoms with Crippen LogP contribution in [0.4, 0.5) is 5.69 Å². The van der Waals surface area contributed by atoms with Gasteiger partial charge in [-0.2, -0.15) is 0 Å². The largest absolute Gasteiger partial charge is 0.388 e. The molecule has 0 saturated carbocycles. The molecule has 0 saturated heterocycles. The lowest BCUT2D eigenvalue weighted by atomic mass is 10.1. The van der Waals surface area contributed by atoms with Gasteiger partial charge in [-0.3, -0.25) is 0 Å². The van der Waals surface area contributed by atoms with Gasteiger partial charge in [0.2, 0.25) is 0 Å². The van der Waals surface area contributed by atoms with Crippen LogP contribution < -0.4 is 4.90 Å². The molecule has 3 heteroatoms. The summed E-state index contributed by atoms with van der Waals surface area (Å²) < 4.78 is 0. The molecule has 0 aliphatic rings. The van der Waals surface area contributed by atoms with Crippen molar-refractivity contribution < 1.29 is 5.11 Å². The van der Waals surface area contributed by atoms with E-state index in [1.165, 1.54) is 11.3 Å². The molecule has 0 spiro atoms. The Morgan fingerprint density at radius 3 is 2.57 bits per heavy atom. The van der Waals surface area contributed by atoms with Crippen molar-refractivity contribution in [2.75, 3.05) is 18.0 Å². The fourth-order valence-electron chi connectivity index (χ4n) is 2.53. The zero-order valence-corrected chi connectivity index (χ0v) is 13.3. The Morgan fingerprint density at radius 2 is 1.90 bits per heavy atom. The topological polar surface area (TPSA) is 23.5 Å². The number of hydrogen-bond donors (Lipinski definition) is 1. The van der Waals surface area contributed by atoms with Crippen LogP contribution in [0.1, 0.15) is 30.6 Å². The van der Waals surface area contributed by atoms with Gasteiger partial charge in [-0.05, 0) is 49.6 Å². The molecule has 0 aliphatic heterocycles. The second kappa shape index (κ2) is 7.48. The van der Waals surface area contributed by atoms with E-state index in [2.05, 4.69) is 36.9 Å². The molecule has 0 aliphatic carbocycles. The second-order valence-corrected chi connectivity index (χ2v) is 5.66. The molecule has 1 N–H and O–H groups in total. The molecule has 0 heterocycles. The van der Waals surface area contributed by atoms with E-state index in [-0.39, 0.29) is 0 Å². The average molecular weight is 304 g/mol. The maximum Gasteiger partial charge on any atom is 0.0807 e. The van der Waals surface area contributed by atoms with Gasteiger partial charge in [0.1, 0.15) is 0 Å². The van der Waals surface area contributed by atoms with E-state index in [1.54, 1.807) is 0 Å². The Morgan fingerprint density at radius 1 is 1.14 bits per heavy atom. The molecule has 0 fully saturated rings. The Hall–Kier alpha value is -1.51. The van der Waals surface area contributed by atoms with Gasteiger partial charge in [-0.1, -0.05) is 41.9 Å². The number of aliphatic hydroxyl groups is 1. The van der Waals surface area contributed by atoms with Crippen LogP contribution in [0.3, 0.4) is 0 Å². The summed E-state index contributed by atoms with van der Waals surface area (Å²) in [4.78, 5) is 2.29. The summed E-state index contributed by atoms with van der Waals surface area (Å²) in [5.74, 6) is 0. The fraction of sp³-hybridized carbons (Fsp3) is 0.333. The lowest BCUT2D eigenvalue weighted by Crippen LogP contribution is -2.26. The maximum absolute atomic E-state index is 10.3. The van der Waals surface area contributed by atoms with Gasteiger partial charge in [0, 0.05) is 23.8 Å². The highest BCUT2D eigenvalue weighted by molar-refractivity contribution is 6.30. The maximum atomic E-state index is 10.3. The molecule has 2 aromatic rings. The van der Waals surface area contributed by atoms with Gasteiger partial charge in [0.25, 0.3) is 0 Å². The summed E-state index contributed by atoms with van der Waals surface area (Å²) in [6.07, 6.45) is 0.199. The number of benzene rings is 2. The number of anilines is 1. The van der Waals surface area contributed by atoms with E-state index in [0.29, 0.717) is 11.4 Å². The number of rotatable bonds is 6. The smallest absolute Gasteiger partial charge is 0.0807 e. The number of halogens is 1. The van der Waals surface area contributed by atoms with E-state index < -0.39 is 6.10 Å². The van der Waals surface area contributed by atoms with Crippen molar-refractivity contribution in [2.45, 2.75) is 26.4 Å². The quantitative estimate of drug-likeness (QED) is 0.843. The minimum absolute atomic E-state index is 0.484. The first kappa shape index (κ1) is 15.9. The number of nitrogens with zero attached hydrogens (tertiary/aromatic N) is 1. The van der Waals surface area contributed by atoms with Gasteiger partial charge in [-0.15, -0.1) is 0 Å². The van der Waals surface area contributed by atoms with Crippen molar-refractivity contribution in [3.05, 3.63) is 64.7 Å². The Bertz CT molecular complexity index is 585. The van der Waals surface area contributed by atoms with Crippen molar-refractivity contribution in [1.29, 1.82) is 0 Å². The number of para-hydroxylation sites is 1. The highest BCUT2D eigenvalue weighted by Gasteiger charge is 2.12. The third-order valence-electron chi connectivity index (χ3n) is 3.74. The van der Waals surface area contributed by atoms with Crippen LogP contribution in [0.5, 0.6) is 0 Å². The second-order valence-electron chi connectivity index (χ2n) is 5.23. The summed E-state index contributed by atoms with van der Waals surface area (Å²) in [6, 6.07) is 15.8. The van der Waals surface area contributed by atoms with E-state index in [9.17, 15) is 5.11 Å². The Kier molecular flexibility index (Phi) is 5.66. The summed E-state index contributed by atoms with van der Waals surface area (Å²) >= 11 is 5.97. The number of aryl methyl sites for hydroxylation is 1. The molecule has 1 unspecified atom stereocenters. The first-order valence-electron chi connectivity index (χ1n) is 7.36. The predicted molar refractivity (Wildman–Crippen MR) is 90.1 cm³/mol. The van der Waals surface area contributed by atoms with Gasteiger partial charge in [-0.25, -0.2) is 0 Å². The highest BCUT2D eigenvalue weighted by Crippen LogP contribution is 2.23. The van der Waals surface area contributed by atoms with Crippen LogP contribution in [-0.4, -0.2) is 18.2 Å². The third kappa shape index (κ3) is 4.23. The molecule has 2 nitrogen and oxygen atoms in total. The van der Waals surface area contributed by atoms with E-state index >= 15 is 0 Å². The molecular formula is C18H22ClNO. The van der Waals surface area contributed by atoms with E-state index in [4.69, 9.17) is 11.6 Å². The van der Waals surface area contributed by atoms with Gasteiger partial charge in [0.15, 0.2) is 0 Å². The van der Waals surface area contributed by atoms with E-state index in [0.717, 1.165) is 18.7 Å². The van der Waals surface area contributed by atoms with Crippen LogP contribution in [0.15, 0.2) is 48.5 Å². The van der Waals surface area contributed by atoms with Crippen molar-refractivity contribution in [3.8, 4) is 0 Å². The molecule has 2 rings (SSSR count). The molecule has 112 valence electrons. The molecular weight excluding hydrogens is 282 g/mol.